The Balaban J connectivity index is 1.30. The number of hydrogen-bond acceptors (Lipinski definition) is 7. The van der Waals surface area contributed by atoms with Crippen LogP contribution in [0, 0.1) is 5.92 Å². The number of carbonyl (C=O) groups is 2. The standard InChI is InChI=1S/C25H41N5O5S2/c1-19-7-9-21(10-8-19)30(20-5-3-2-4-6-20)25(33)27-24-26-17-22(36-24)18-28-12-14-29(15-13-28)37(34,35)16-11-23(31)32/h17,19-21H,2-16,18H2,1H3,(H,31,32)(H,26,27,33). The summed E-state index contributed by atoms with van der Waals surface area (Å²) in [5, 5.41) is 12.5. The maximum Gasteiger partial charge on any atom is 0.324 e. The van der Waals surface area contributed by atoms with Crippen LogP contribution in [0.3, 0.4) is 0 Å². The first-order valence-corrected chi connectivity index (χ1v) is 16.1. The van der Waals surface area contributed by atoms with E-state index in [1.54, 1.807) is 6.20 Å². The molecule has 2 amide bonds. The normalized spacial score (nSPS) is 24.6. The molecule has 3 aliphatic rings. The predicted molar refractivity (Wildman–Crippen MR) is 144 cm³/mol. The van der Waals surface area contributed by atoms with Gasteiger partial charge >= 0.3 is 12.0 Å². The molecule has 0 radical (unpaired) electrons. The number of carbonyl (C=O) groups excluding carboxylic acids is 1. The lowest BCUT2D eigenvalue weighted by Crippen LogP contribution is -2.51. The Bertz CT molecular complexity index is 1010. The lowest BCUT2D eigenvalue weighted by molar-refractivity contribution is -0.136. The van der Waals surface area contributed by atoms with E-state index in [0.717, 1.165) is 36.5 Å². The molecule has 2 heterocycles. The van der Waals surface area contributed by atoms with Gasteiger partial charge in [0, 0.05) is 55.9 Å². The summed E-state index contributed by atoms with van der Waals surface area (Å²) in [6, 6.07) is 0.601. The second-order valence-corrected chi connectivity index (χ2v) is 14.0. The average Bonchev–Trinajstić information content (AvgIpc) is 3.31. The van der Waals surface area contributed by atoms with Crippen molar-refractivity contribution in [3.05, 3.63) is 11.1 Å². The van der Waals surface area contributed by atoms with Crippen molar-refractivity contribution in [3.63, 3.8) is 0 Å². The lowest BCUT2D eigenvalue weighted by atomic mass is 9.84. The van der Waals surface area contributed by atoms with E-state index in [1.165, 1.54) is 47.7 Å². The van der Waals surface area contributed by atoms with Gasteiger partial charge in [0.15, 0.2) is 5.13 Å². The molecule has 0 spiro atoms. The summed E-state index contributed by atoms with van der Waals surface area (Å²) < 4.78 is 26.1. The first-order valence-electron chi connectivity index (χ1n) is 13.7. The number of rotatable bonds is 9. The zero-order valence-corrected chi connectivity index (χ0v) is 23.4. The molecule has 1 aromatic rings. The third kappa shape index (κ3) is 7.87. The minimum absolute atomic E-state index is 0.0208. The number of urea groups is 1. The molecule has 10 nitrogen and oxygen atoms in total. The summed E-state index contributed by atoms with van der Waals surface area (Å²) >= 11 is 1.48. The number of carboxylic acid groups (broad SMARTS) is 1. The van der Waals surface area contributed by atoms with Crippen molar-refractivity contribution in [1.29, 1.82) is 0 Å². The molecule has 37 heavy (non-hydrogen) atoms. The van der Waals surface area contributed by atoms with E-state index in [4.69, 9.17) is 5.11 Å². The number of aromatic nitrogens is 1. The Hall–Kier alpha value is -1.76. The monoisotopic (exact) mass is 555 g/mol. The molecule has 0 aromatic carbocycles. The molecule has 0 bridgehead atoms. The summed E-state index contributed by atoms with van der Waals surface area (Å²) in [6.45, 7) is 4.78. The highest BCUT2D eigenvalue weighted by Gasteiger charge is 2.34. The van der Waals surface area contributed by atoms with Crippen molar-refractivity contribution in [2.45, 2.75) is 89.8 Å². The summed E-state index contributed by atoms with van der Waals surface area (Å²) in [5.74, 6) is -0.732. The van der Waals surface area contributed by atoms with Gasteiger partial charge in [-0.2, -0.15) is 4.31 Å². The van der Waals surface area contributed by atoms with E-state index < -0.39 is 16.0 Å². The summed E-state index contributed by atoms with van der Waals surface area (Å²) in [4.78, 5) is 34.0. The summed E-state index contributed by atoms with van der Waals surface area (Å²) in [5.41, 5.74) is 0. The summed E-state index contributed by atoms with van der Waals surface area (Å²) in [6.07, 6.45) is 11.7. The molecule has 4 rings (SSSR count). The molecule has 1 saturated heterocycles. The van der Waals surface area contributed by atoms with Crippen molar-refractivity contribution in [2.75, 3.05) is 37.2 Å². The van der Waals surface area contributed by atoms with Crippen molar-refractivity contribution in [1.82, 2.24) is 19.1 Å². The number of thiazole rings is 1. The number of nitrogens with zero attached hydrogens (tertiary/aromatic N) is 4. The van der Waals surface area contributed by atoms with E-state index >= 15 is 0 Å². The van der Waals surface area contributed by atoms with Crippen LogP contribution in [0.25, 0.3) is 0 Å². The minimum Gasteiger partial charge on any atom is -0.481 e. The topological polar surface area (TPSA) is 123 Å². The Morgan fingerprint density at radius 2 is 1.70 bits per heavy atom. The molecule has 1 aromatic heterocycles. The molecule has 208 valence electrons. The second-order valence-electron chi connectivity index (χ2n) is 10.8. The smallest absolute Gasteiger partial charge is 0.324 e. The molecular formula is C25H41N5O5S2. The van der Waals surface area contributed by atoms with Gasteiger partial charge in [0.25, 0.3) is 0 Å². The van der Waals surface area contributed by atoms with Crippen molar-refractivity contribution in [2.24, 2.45) is 5.92 Å². The van der Waals surface area contributed by atoms with Crippen LogP contribution in [-0.2, 0) is 21.4 Å². The molecule has 2 N–H and O–H groups in total. The Morgan fingerprint density at radius 3 is 2.35 bits per heavy atom. The molecule has 3 fully saturated rings. The maximum atomic E-state index is 13.5. The number of piperazine rings is 1. The molecule has 2 aliphatic carbocycles. The van der Waals surface area contributed by atoms with Crippen molar-refractivity contribution < 1.29 is 23.1 Å². The van der Waals surface area contributed by atoms with Crippen LogP contribution in [-0.4, -0.2) is 88.6 Å². The molecular weight excluding hydrogens is 514 g/mol. The van der Waals surface area contributed by atoms with Crippen LogP contribution in [0.1, 0.15) is 76.0 Å². The second kappa shape index (κ2) is 12.9. The first kappa shape index (κ1) is 28.3. The largest absolute Gasteiger partial charge is 0.481 e. The first-order chi connectivity index (χ1) is 17.7. The molecule has 0 atom stereocenters. The van der Waals surface area contributed by atoms with E-state index in [1.807, 2.05) is 0 Å². The van der Waals surface area contributed by atoms with Crippen LogP contribution in [0.5, 0.6) is 0 Å². The molecule has 1 aliphatic heterocycles. The van der Waals surface area contributed by atoms with E-state index in [-0.39, 0.29) is 18.2 Å². The number of anilines is 1. The highest BCUT2D eigenvalue weighted by atomic mass is 32.2. The fourth-order valence-electron chi connectivity index (χ4n) is 5.84. The van der Waals surface area contributed by atoms with Gasteiger partial charge in [-0.3, -0.25) is 15.0 Å². The van der Waals surface area contributed by atoms with Crippen LogP contribution in [0.4, 0.5) is 9.93 Å². The van der Waals surface area contributed by atoms with Crippen molar-refractivity contribution in [3.8, 4) is 0 Å². The number of amides is 2. The quantitative estimate of drug-likeness (QED) is 0.475. The molecule has 0 unspecified atom stereocenters. The van der Waals surface area contributed by atoms with E-state index in [2.05, 4.69) is 27.0 Å². The highest BCUT2D eigenvalue weighted by Crippen LogP contribution is 2.33. The predicted octanol–water partition coefficient (Wildman–Crippen LogP) is 3.81. The lowest BCUT2D eigenvalue weighted by Gasteiger charge is -2.42. The van der Waals surface area contributed by atoms with E-state index in [9.17, 15) is 18.0 Å². The van der Waals surface area contributed by atoms with Crippen LogP contribution in [0.15, 0.2) is 6.20 Å². The van der Waals surface area contributed by atoms with Gasteiger partial charge in [-0.25, -0.2) is 18.2 Å². The Morgan fingerprint density at radius 1 is 1.05 bits per heavy atom. The van der Waals surface area contributed by atoms with Gasteiger partial charge in [0.05, 0.1) is 12.2 Å². The van der Waals surface area contributed by atoms with Gasteiger partial charge in [-0.15, -0.1) is 11.3 Å². The number of aliphatic carboxylic acids is 1. The zero-order chi connectivity index (χ0) is 26.4. The maximum absolute atomic E-state index is 13.5. The fourth-order valence-corrected chi connectivity index (χ4v) is 8.09. The fraction of sp³-hybridized carbons (Fsp3) is 0.800. The van der Waals surface area contributed by atoms with Gasteiger partial charge in [0.1, 0.15) is 0 Å². The summed E-state index contributed by atoms with van der Waals surface area (Å²) in [7, 11) is -3.55. The van der Waals surface area contributed by atoms with Gasteiger partial charge in [0.2, 0.25) is 10.0 Å². The molecule has 12 heteroatoms. The average molecular weight is 556 g/mol. The van der Waals surface area contributed by atoms with Gasteiger partial charge in [-0.05, 0) is 44.4 Å². The zero-order valence-electron chi connectivity index (χ0n) is 21.8. The number of carboxylic acids is 1. The number of hydrogen-bond donors (Lipinski definition) is 2. The Labute approximate surface area is 224 Å². The third-order valence-electron chi connectivity index (χ3n) is 8.03. The number of sulfonamides is 1. The highest BCUT2D eigenvalue weighted by molar-refractivity contribution is 7.89. The Kier molecular flexibility index (Phi) is 9.82. The minimum atomic E-state index is -3.55. The van der Waals surface area contributed by atoms with Crippen LogP contribution in [0.2, 0.25) is 0 Å². The van der Waals surface area contributed by atoms with Crippen LogP contribution >= 0.6 is 11.3 Å². The number of nitrogens with one attached hydrogen (secondary N) is 1. The van der Waals surface area contributed by atoms with Gasteiger partial charge in [-0.1, -0.05) is 26.2 Å². The van der Waals surface area contributed by atoms with Crippen molar-refractivity contribution >= 4 is 38.5 Å². The third-order valence-corrected chi connectivity index (χ3v) is 10.8. The van der Waals surface area contributed by atoms with E-state index in [0.29, 0.717) is 49.9 Å². The van der Waals surface area contributed by atoms with Crippen LogP contribution < -0.4 is 5.32 Å². The SMILES string of the molecule is CC1CCC(N(C(=O)Nc2ncc(CN3CCN(S(=O)(=O)CCC(=O)O)CC3)s2)C2CCCCC2)CC1. The van der Waals surface area contributed by atoms with Gasteiger partial charge < -0.3 is 10.0 Å². The molecule has 2 saturated carbocycles.